The molecule has 0 saturated heterocycles. The zero-order valence-corrected chi connectivity index (χ0v) is 22.2. The lowest BCUT2D eigenvalue weighted by molar-refractivity contribution is -0.123. The van der Waals surface area contributed by atoms with Crippen LogP contribution in [-0.2, 0) is 14.9 Å². The lowest BCUT2D eigenvalue weighted by atomic mass is 9.76. The van der Waals surface area contributed by atoms with Crippen LogP contribution in [0.2, 0.25) is 0 Å². The topological polar surface area (TPSA) is 138 Å². The summed E-state index contributed by atoms with van der Waals surface area (Å²) < 4.78 is 53.5. The number of pyridine rings is 1. The number of hydrogen-bond acceptors (Lipinski definition) is 9. The van der Waals surface area contributed by atoms with Crippen molar-refractivity contribution in [1.82, 2.24) is 10.3 Å². The van der Waals surface area contributed by atoms with Gasteiger partial charge in [0.2, 0.25) is 5.91 Å². The largest absolute Gasteiger partial charge is 0.494 e. The van der Waals surface area contributed by atoms with Gasteiger partial charge in [-0.2, -0.15) is 0 Å². The second-order valence-electron chi connectivity index (χ2n) is 9.10. The van der Waals surface area contributed by atoms with Gasteiger partial charge in [0.05, 0.1) is 25.3 Å². The van der Waals surface area contributed by atoms with Crippen LogP contribution in [0.3, 0.4) is 0 Å². The van der Waals surface area contributed by atoms with Crippen molar-refractivity contribution in [2.75, 3.05) is 40.5 Å². The monoisotopic (exact) mass is 556 g/mol. The Morgan fingerprint density at radius 3 is 2.58 bits per heavy atom. The summed E-state index contributed by atoms with van der Waals surface area (Å²) in [7, 11) is 3.27. The van der Waals surface area contributed by atoms with Crippen molar-refractivity contribution in [2.24, 2.45) is 10.7 Å². The third-order valence-corrected chi connectivity index (χ3v) is 6.28. The summed E-state index contributed by atoms with van der Waals surface area (Å²) in [6.07, 6.45) is 3.34. The normalized spacial score (nSPS) is 17.3. The van der Waals surface area contributed by atoms with E-state index in [0.717, 1.165) is 12.1 Å². The Kier molecular flexibility index (Phi) is 8.80. The Morgan fingerprint density at radius 2 is 1.93 bits per heavy atom. The minimum atomic E-state index is -1.79. The molecule has 0 saturated carbocycles. The van der Waals surface area contributed by atoms with Crippen molar-refractivity contribution >= 4 is 23.0 Å². The molecule has 212 valence electrons. The Labute approximate surface area is 229 Å². The van der Waals surface area contributed by atoms with Crippen molar-refractivity contribution in [1.29, 1.82) is 0 Å². The van der Waals surface area contributed by atoms with E-state index in [1.807, 2.05) is 0 Å². The van der Waals surface area contributed by atoms with E-state index in [4.69, 9.17) is 24.7 Å². The third kappa shape index (κ3) is 5.68. The molecule has 0 radical (unpaired) electrons. The van der Waals surface area contributed by atoms with Gasteiger partial charge >= 0.3 is 0 Å². The summed E-state index contributed by atoms with van der Waals surface area (Å²) in [6.45, 7) is 2.09. The number of aliphatic hydroxyl groups is 1. The number of ether oxygens (including phenoxy) is 4. The molecule has 1 aliphatic rings. The molecule has 0 aliphatic carbocycles. The molecule has 12 heteroatoms. The van der Waals surface area contributed by atoms with Crippen LogP contribution in [0.1, 0.15) is 12.5 Å². The maximum atomic E-state index is 15.5. The zero-order chi connectivity index (χ0) is 28.9. The van der Waals surface area contributed by atoms with Crippen molar-refractivity contribution in [3.05, 3.63) is 65.6 Å². The Balaban J connectivity index is 1.72. The van der Waals surface area contributed by atoms with E-state index in [1.54, 1.807) is 19.2 Å². The van der Waals surface area contributed by atoms with Gasteiger partial charge < -0.3 is 35.1 Å². The standard InChI is InChI=1S/C28H30F2N4O6/c1-16(35)14-39-25-5-6-33-15-28(25,27(31)36)17-10-19(29)26(20(30)11-17)40-22-4-7-34-21-13-24(38-9-8-32-2)23(37-3)12-18(21)22/h4-7,10-13,16,32,35H,8-9,14-15H2,1-3H3,(H2,31,36). The van der Waals surface area contributed by atoms with Crippen LogP contribution in [0, 0.1) is 11.6 Å². The number of likely N-dealkylation sites (N-methyl/N-ethyl adjacent to an activating group) is 1. The molecular weight excluding hydrogens is 526 g/mol. The maximum absolute atomic E-state index is 15.5. The molecule has 40 heavy (non-hydrogen) atoms. The number of benzene rings is 2. The first kappa shape index (κ1) is 28.7. The average Bonchev–Trinajstić information content (AvgIpc) is 2.93. The fourth-order valence-electron chi connectivity index (χ4n) is 4.25. The number of halogens is 2. The number of carbonyl (C=O) groups excluding carboxylic acids is 1. The van der Waals surface area contributed by atoms with Crippen LogP contribution in [0.4, 0.5) is 8.78 Å². The van der Waals surface area contributed by atoms with Crippen molar-refractivity contribution in [3.63, 3.8) is 0 Å². The smallest absolute Gasteiger partial charge is 0.237 e. The highest BCUT2D eigenvalue weighted by atomic mass is 19.1. The lowest BCUT2D eigenvalue weighted by Gasteiger charge is -2.34. The number of nitrogens with two attached hydrogens (primary N) is 1. The summed E-state index contributed by atoms with van der Waals surface area (Å²) in [4.78, 5) is 21.1. The number of aliphatic hydroxyl groups excluding tert-OH is 1. The van der Waals surface area contributed by atoms with Crippen molar-refractivity contribution in [3.8, 4) is 23.0 Å². The molecule has 2 heterocycles. The Morgan fingerprint density at radius 1 is 1.18 bits per heavy atom. The quantitative estimate of drug-likeness (QED) is 0.290. The number of nitrogens with one attached hydrogen (secondary N) is 1. The van der Waals surface area contributed by atoms with Crippen LogP contribution >= 0.6 is 0 Å². The summed E-state index contributed by atoms with van der Waals surface area (Å²) >= 11 is 0. The van der Waals surface area contributed by atoms with E-state index >= 15 is 8.78 Å². The predicted octanol–water partition coefficient (Wildman–Crippen LogP) is 3.00. The number of rotatable bonds is 12. The van der Waals surface area contributed by atoms with Crippen LogP contribution in [0.25, 0.3) is 10.9 Å². The highest BCUT2D eigenvalue weighted by Gasteiger charge is 2.46. The molecular formula is C28H30F2N4O6. The van der Waals surface area contributed by atoms with Gasteiger partial charge in [0.1, 0.15) is 24.7 Å². The molecule has 0 fully saturated rings. The van der Waals surface area contributed by atoms with Crippen LogP contribution < -0.4 is 25.3 Å². The third-order valence-electron chi connectivity index (χ3n) is 6.28. The fraction of sp³-hybridized carbons (Fsp3) is 0.321. The fourth-order valence-corrected chi connectivity index (χ4v) is 4.25. The van der Waals surface area contributed by atoms with E-state index < -0.39 is 34.8 Å². The molecule has 0 bridgehead atoms. The number of hydrogen-bond donors (Lipinski definition) is 3. The summed E-state index contributed by atoms with van der Waals surface area (Å²) in [5, 5.41) is 13.0. The highest BCUT2D eigenvalue weighted by molar-refractivity contribution is 5.93. The van der Waals surface area contributed by atoms with Crippen LogP contribution in [-0.4, -0.2) is 68.8 Å². The van der Waals surface area contributed by atoms with E-state index in [2.05, 4.69) is 15.3 Å². The molecule has 2 atom stereocenters. The van der Waals surface area contributed by atoms with Gasteiger partial charge in [0, 0.05) is 30.4 Å². The number of nitrogens with zero attached hydrogens (tertiary/aromatic N) is 2. The maximum Gasteiger partial charge on any atom is 0.237 e. The number of primary amides is 1. The molecule has 10 nitrogen and oxygen atoms in total. The molecule has 2 aromatic carbocycles. The van der Waals surface area contributed by atoms with Gasteiger partial charge in [0.25, 0.3) is 0 Å². The number of aromatic nitrogens is 1. The SMILES string of the molecule is CNCCOc1cc2nccc(Oc3c(F)cc(C4(C(N)=O)CN=CC=C4OCC(C)O)cc3F)c2cc1OC. The zero-order valence-electron chi connectivity index (χ0n) is 22.2. The minimum absolute atomic E-state index is 0.0170. The average molecular weight is 557 g/mol. The molecule has 4 rings (SSSR count). The van der Waals surface area contributed by atoms with Gasteiger partial charge in [0.15, 0.2) is 34.3 Å². The van der Waals surface area contributed by atoms with E-state index in [-0.39, 0.29) is 30.2 Å². The van der Waals surface area contributed by atoms with E-state index in [0.29, 0.717) is 35.6 Å². The minimum Gasteiger partial charge on any atom is -0.494 e. The second kappa shape index (κ2) is 12.3. The lowest BCUT2D eigenvalue weighted by Crippen LogP contribution is -2.48. The number of methoxy groups -OCH3 is 1. The van der Waals surface area contributed by atoms with Crippen molar-refractivity contribution in [2.45, 2.75) is 18.4 Å². The van der Waals surface area contributed by atoms with Crippen LogP contribution in [0.15, 0.2) is 53.4 Å². The molecule has 1 aromatic heterocycles. The number of dihydropyridines is 1. The first-order valence-electron chi connectivity index (χ1n) is 12.4. The second-order valence-corrected chi connectivity index (χ2v) is 9.10. The Bertz CT molecular complexity index is 1440. The van der Waals surface area contributed by atoms with E-state index in [9.17, 15) is 9.90 Å². The number of aliphatic imine (C=N–C) groups is 1. The predicted molar refractivity (Wildman–Crippen MR) is 144 cm³/mol. The number of fused-ring (bicyclic) bond motifs is 1. The van der Waals surface area contributed by atoms with Gasteiger partial charge in [-0.1, -0.05) is 0 Å². The summed E-state index contributed by atoms with van der Waals surface area (Å²) in [5.41, 5.74) is 4.28. The summed E-state index contributed by atoms with van der Waals surface area (Å²) in [6, 6.07) is 6.63. The molecule has 3 aromatic rings. The molecule has 2 unspecified atom stereocenters. The Hall–Kier alpha value is -4.29. The molecule has 4 N–H and O–H groups in total. The van der Waals surface area contributed by atoms with Crippen LogP contribution in [0.5, 0.6) is 23.0 Å². The number of allylic oxidation sites excluding steroid dienone is 1. The van der Waals surface area contributed by atoms with Gasteiger partial charge in [-0.15, -0.1) is 0 Å². The first-order valence-corrected chi connectivity index (χ1v) is 12.4. The van der Waals surface area contributed by atoms with E-state index in [1.165, 1.54) is 38.6 Å². The van der Waals surface area contributed by atoms with Gasteiger partial charge in [-0.05, 0) is 49.9 Å². The van der Waals surface area contributed by atoms with Crippen molar-refractivity contribution < 1.29 is 37.6 Å². The summed E-state index contributed by atoms with van der Waals surface area (Å²) in [5.74, 6) is -2.81. The molecule has 1 aliphatic heterocycles. The number of amides is 1. The molecule has 1 amide bonds. The highest BCUT2D eigenvalue weighted by Crippen LogP contribution is 2.41. The number of carbonyl (C=O) groups is 1. The van der Waals surface area contributed by atoms with Gasteiger partial charge in [-0.3, -0.25) is 14.8 Å². The first-order chi connectivity index (χ1) is 19.2. The van der Waals surface area contributed by atoms with Gasteiger partial charge in [-0.25, -0.2) is 8.78 Å². The molecule has 0 spiro atoms.